The van der Waals surface area contributed by atoms with Crippen molar-refractivity contribution in [2.45, 2.75) is 69.9 Å². The highest BCUT2D eigenvalue weighted by atomic mass is 16.3. The van der Waals surface area contributed by atoms with Crippen LogP contribution in [0.2, 0.25) is 0 Å². The third-order valence-corrected chi connectivity index (χ3v) is 6.43. The van der Waals surface area contributed by atoms with Gasteiger partial charge in [-0.25, -0.2) is 0 Å². The molecule has 4 rings (SSSR count). The summed E-state index contributed by atoms with van der Waals surface area (Å²) in [6.45, 7) is 0.489. The maximum atomic E-state index is 13.5. The first-order valence-electron chi connectivity index (χ1n) is 11.6. The highest BCUT2D eigenvalue weighted by Gasteiger charge is 2.34. The average molecular weight is 421 g/mol. The number of hydrogen-bond acceptors (Lipinski definition) is 3. The summed E-state index contributed by atoms with van der Waals surface area (Å²) in [5, 5.41) is 3.22. The van der Waals surface area contributed by atoms with E-state index in [1.807, 2.05) is 30.3 Å². The van der Waals surface area contributed by atoms with Crippen LogP contribution in [0.5, 0.6) is 0 Å². The molecule has 1 aromatic carbocycles. The summed E-state index contributed by atoms with van der Waals surface area (Å²) in [4.78, 5) is 28.7. The first kappa shape index (κ1) is 21.4. The van der Waals surface area contributed by atoms with E-state index in [0.717, 1.165) is 50.5 Å². The molecule has 5 nitrogen and oxygen atoms in total. The summed E-state index contributed by atoms with van der Waals surface area (Å²) in [5.41, 5.74) is 2.21. The monoisotopic (exact) mass is 420 g/mol. The van der Waals surface area contributed by atoms with Gasteiger partial charge in [-0.2, -0.15) is 0 Å². The Kier molecular flexibility index (Phi) is 7.23. The molecule has 1 unspecified atom stereocenters. The molecule has 0 spiro atoms. The van der Waals surface area contributed by atoms with Crippen LogP contribution in [0.3, 0.4) is 0 Å². The Morgan fingerprint density at radius 1 is 1.03 bits per heavy atom. The van der Waals surface area contributed by atoms with Crippen molar-refractivity contribution in [2.75, 3.05) is 6.54 Å². The number of benzene rings is 1. The third kappa shape index (κ3) is 5.46. The lowest BCUT2D eigenvalue weighted by Gasteiger charge is -2.32. The molecular formula is C26H32N2O3. The van der Waals surface area contributed by atoms with Gasteiger partial charge in [-0.1, -0.05) is 54.8 Å². The first-order chi connectivity index (χ1) is 15.2. The lowest BCUT2D eigenvalue weighted by atomic mass is 9.96. The van der Waals surface area contributed by atoms with Crippen LogP contribution in [0.25, 0.3) is 0 Å². The maximum Gasteiger partial charge on any atom is 0.290 e. The van der Waals surface area contributed by atoms with E-state index in [-0.39, 0.29) is 23.6 Å². The highest BCUT2D eigenvalue weighted by Crippen LogP contribution is 2.28. The second-order valence-electron chi connectivity index (χ2n) is 8.64. The van der Waals surface area contributed by atoms with Gasteiger partial charge in [-0.3, -0.25) is 9.59 Å². The van der Waals surface area contributed by atoms with Crippen molar-refractivity contribution in [3.05, 3.63) is 71.7 Å². The summed E-state index contributed by atoms with van der Waals surface area (Å²) in [6, 6.07) is 12.5. The van der Waals surface area contributed by atoms with Crippen molar-refractivity contribution >= 4 is 11.8 Å². The summed E-state index contributed by atoms with van der Waals surface area (Å²) in [7, 11) is 0. The molecule has 0 radical (unpaired) electrons. The van der Waals surface area contributed by atoms with E-state index < -0.39 is 6.04 Å². The molecule has 1 fully saturated rings. The summed E-state index contributed by atoms with van der Waals surface area (Å²) in [6.07, 6.45) is 13.5. The molecule has 31 heavy (non-hydrogen) atoms. The quantitative estimate of drug-likeness (QED) is 0.581. The van der Waals surface area contributed by atoms with Gasteiger partial charge in [-0.05, 0) is 62.6 Å². The zero-order chi connectivity index (χ0) is 21.5. The summed E-state index contributed by atoms with van der Waals surface area (Å²) in [5.74, 6) is -0.0697. The number of carbonyl (C=O) groups is 2. The van der Waals surface area contributed by atoms with Gasteiger partial charge in [0.2, 0.25) is 5.91 Å². The Morgan fingerprint density at radius 2 is 1.84 bits per heavy atom. The molecule has 2 amide bonds. The van der Waals surface area contributed by atoms with Crippen LogP contribution >= 0.6 is 0 Å². The Hall–Kier alpha value is -2.82. The van der Waals surface area contributed by atoms with Crippen molar-refractivity contribution in [3.63, 3.8) is 0 Å². The number of nitrogens with zero attached hydrogens (tertiary/aromatic N) is 1. The topological polar surface area (TPSA) is 62.6 Å². The molecule has 2 aromatic rings. The van der Waals surface area contributed by atoms with E-state index in [0.29, 0.717) is 6.54 Å². The minimum absolute atomic E-state index is 0.101. The van der Waals surface area contributed by atoms with E-state index in [4.69, 9.17) is 4.42 Å². The smallest absolute Gasteiger partial charge is 0.290 e. The van der Waals surface area contributed by atoms with Crippen LogP contribution in [-0.4, -0.2) is 29.3 Å². The van der Waals surface area contributed by atoms with Crippen LogP contribution in [0.15, 0.2) is 64.8 Å². The van der Waals surface area contributed by atoms with Crippen molar-refractivity contribution in [1.29, 1.82) is 0 Å². The molecular weight excluding hydrogens is 388 g/mol. The molecule has 2 aliphatic rings. The normalized spacial score (nSPS) is 17.7. The second kappa shape index (κ2) is 10.5. The predicted octanol–water partition coefficient (Wildman–Crippen LogP) is 5.41. The number of hydrogen-bond donors (Lipinski definition) is 1. The second-order valence-corrected chi connectivity index (χ2v) is 8.64. The van der Waals surface area contributed by atoms with Gasteiger partial charge in [0, 0.05) is 12.6 Å². The van der Waals surface area contributed by atoms with Crippen molar-refractivity contribution in [1.82, 2.24) is 10.2 Å². The van der Waals surface area contributed by atoms with Crippen LogP contribution in [0, 0.1) is 0 Å². The predicted molar refractivity (Wildman–Crippen MR) is 120 cm³/mol. The van der Waals surface area contributed by atoms with Crippen LogP contribution < -0.4 is 5.32 Å². The third-order valence-electron chi connectivity index (χ3n) is 6.43. The molecule has 0 saturated heterocycles. The average Bonchev–Trinajstić information content (AvgIpc) is 3.52. The zero-order valence-corrected chi connectivity index (χ0v) is 18.1. The fraction of sp³-hybridized carbons (Fsp3) is 0.462. The van der Waals surface area contributed by atoms with Crippen LogP contribution in [-0.2, 0) is 4.79 Å². The Morgan fingerprint density at radius 3 is 2.52 bits per heavy atom. The number of furan rings is 1. The Labute approximate surface area is 184 Å². The van der Waals surface area contributed by atoms with Crippen molar-refractivity contribution in [3.8, 4) is 0 Å². The van der Waals surface area contributed by atoms with Gasteiger partial charge in [0.25, 0.3) is 5.91 Å². The molecule has 1 aromatic heterocycles. The van der Waals surface area contributed by atoms with Crippen molar-refractivity contribution < 1.29 is 14.0 Å². The van der Waals surface area contributed by atoms with E-state index >= 15 is 0 Å². The van der Waals surface area contributed by atoms with Gasteiger partial charge in [0.15, 0.2) is 5.76 Å². The molecule has 5 heteroatoms. The molecule has 0 bridgehead atoms. The Balaban J connectivity index is 1.63. The van der Waals surface area contributed by atoms with E-state index in [9.17, 15) is 9.59 Å². The first-order valence-corrected chi connectivity index (χ1v) is 11.6. The number of carbonyl (C=O) groups excluding carboxylic acids is 2. The fourth-order valence-electron chi connectivity index (χ4n) is 4.74. The standard InChI is InChI=1S/C26H32N2O3/c29-25(27-22-14-7-8-15-22)24(21-12-5-2-6-13-21)28(26(30)23-16-9-19-31-23)18-17-20-10-3-1-4-11-20/h2,5-6,9-10,12-13,16,19,22,24H,1,3-4,7-8,11,14-15,17-18H2,(H,27,29). The van der Waals surface area contributed by atoms with Crippen molar-refractivity contribution in [2.24, 2.45) is 0 Å². The van der Waals surface area contributed by atoms with Crippen LogP contribution in [0.4, 0.5) is 0 Å². The maximum absolute atomic E-state index is 13.5. The van der Waals surface area contributed by atoms with Gasteiger partial charge in [0.05, 0.1) is 6.26 Å². The lowest BCUT2D eigenvalue weighted by Crippen LogP contribution is -2.46. The molecule has 1 heterocycles. The summed E-state index contributed by atoms with van der Waals surface area (Å²) >= 11 is 0. The van der Waals surface area contributed by atoms with Crippen LogP contribution in [0.1, 0.15) is 79.9 Å². The summed E-state index contributed by atoms with van der Waals surface area (Å²) < 4.78 is 5.43. The van der Waals surface area contributed by atoms with E-state index in [2.05, 4.69) is 11.4 Å². The number of nitrogens with one attached hydrogen (secondary N) is 1. The van der Waals surface area contributed by atoms with E-state index in [1.54, 1.807) is 17.0 Å². The van der Waals surface area contributed by atoms with Gasteiger partial charge in [-0.15, -0.1) is 0 Å². The fourth-order valence-corrected chi connectivity index (χ4v) is 4.74. The zero-order valence-electron chi connectivity index (χ0n) is 18.1. The molecule has 1 atom stereocenters. The van der Waals surface area contributed by atoms with Gasteiger partial charge in [0.1, 0.15) is 6.04 Å². The largest absolute Gasteiger partial charge is 0.459 e. The highest BCUT2D eigenvalue weighted by molar-refractivity contribution is 5.96. The molecule has 2 aliphatic carbocycles. The number of amides is 2. The molecule has 1 N–H and O–H groups in total. The lowest BCUT2D eigenvalue weighted by molar-refractivity contribution is -0.126. The minimum atomic E-state index is -0.677. The van der Waals surface area contributed by atoms with Gasteiger partial charge < -0.3 is 14.6 Å². The molecule has 1 saturated carbocycles. The van der Waals surface area contributed by atoms with E-state index in [1.165, 1.54) is 24.7 Å². The Bertz CT molecular complexity index is 883. The van der Waals surface area contributed by atoms with Gasteiger partial charge >= 0.3 is 0 Å². The number of rotatable bonds is 8. The molecule has 164 valence electrons. The number of allylic oxidation sites excluding steroid dienone is 1. The minimum Gasteiger partial charge on any atom is -0.459 e. The SMILES string of the molecule is O=C(NC1CCCC1)C(c1ccccc1)N(CCC1=CCCCC1)C(=O)c1ccco1. The molecule has 0 aliphatic heterocycles.